The molecule has 0 amide bonds. The molecule has 0 aromatic rings. The van der Waals surface area contributed by atoms with E-state index in [9.17, 15) is 24.0 Å². The molecule has 0 rings (SSSR count). The van der Waals surface area contributed by atoms with Crippen molar-refractivity contribution in [2.24, 2.45) is 0 Å². The topological polar surface area (TPSA) is 245 Å². The van der Waals surface area contributed by atoms with Gasteiger partial charge in [0.1, 0.15) is 0 Å². The van der Waals surface area contributed by atoms with E-state index in [4.69, 9.17) is 35.7 Å². The van der Waals surface area contributed by atoms with Gasteiger partial charge in [-0.05, 0) is 6.42 Å². The highest BCUT2D eigenvalue weighted by Crippen LogP contribution is 2.03. The van der Waals surface area contributed by atoms with E-state index in [2.05, 4.69) is 5.32 Å². The summed E-state index contributed by atoms with van der Waals surface area (Å²) in [5, 5.41) is 62.4. The lowest BCUT2D eigenvalue weighted by Gasteiger charge is -2.28. The average Bonchev–Trinajstić information content (AvgIpc) is 2.59. The molecule has 0 aromatic heterocycles. The molecule has 180 valence electrons. The third-order valence-corrected chi connectivity index (χ3v) is 3.45. The van der Waals surface area contributed by atoms with Crippen molar-refractivity contribution in [2.45, 2.75) is 12.5 Å². The summed E-state index contributed by atoms with van der Waals surface area (Å²) in [6.45, 7) is -2.42. The van der Waals surface area contributed by atoms with Gasteiger partial charge in [0.25, 0.3) is 0 Å². The maximum Gasteiger partial charge on any atom is 0.317 e. The fourth-order valence-electron chi connectivity index (χ4n) is 2.31. The number of hydrogen-bond acceptors (Lipinski definition) is 10. The first kappa shape index (κ1) is 30.3. The second kappa shape index (κ2) is 18.0. The number of carboxylic acid groups (broad SMARTS) is 5. The second-order valence-electron chi connectivity index (χ2n) is 6.10. The number of aliphatic hydroxyl groups is 2. The molecule has 31 heavy (non-hydrogen) atoms. The molecule has 0 aliphatic rings. The van der Waals surface area contributed by atoms with Crippen molar-refractivity contribution in [3.8, 4) is 0 Å². The van der Waals surface area contributed by atoms with Gasteiger partial charge in [-0.1, -0.05) is 0 Å². The van der Waals surface area contributed by atoms with Gasteiger partial charge in [0, 0.05) is 25.7 Å². The van der Waals surface area contributed by atoms with Gasteiger partial charge in [-0.15, -0.1) is 0 Å². The van der Waals surface area contributed by atoms with Crippen LogP contribution in [0.2, 0.25) is 0 Å². The summed E-state index contributed by atoms with van der Waals surface area (Å²) in [4.78, 5) is 54.3. The lowest BCUT2D eigenvalue weighted by molar-refractivity contribution is -0.144. The van der Waals surface area contributed by atoms with Crippen molar-refractivity contribution >= 4 is 29.8 Å². The molecule has 0 radical (unpaired) electrons. The Hall–Kier alpha value is -2.85. The van der Waals surface area contributed by atoms with Crippen LogP contribution in [0, 0.1) is 0 Å². The molecule has 0 fully saturated rings. The van der Waals surface area contributed by atoms with Crippen LogP contribution in [0.3, 0.4) is 0 Å². The Kier molecular flexibility index (Phi) is 17.6. The molecular weight excluding hydrogens is 426 g/mol. The summed E-state index contributed by atoms with van der Waals surface area (Å²) < 4.78 is 0. The number of carboxylic acids is 5. The average molecular weight is 455 g/mol. The van der Waals surface area contributed by atoms with Crippen LogP contribution in [0.4, 0.5) is 0 Å². The molecule has 0 aromatic carbocycles. The molecule has 0 saturated heterocycles. The normalized spacial score (nSPS) is 11.5. The summed E-state index contributed by atoms with van der Waals surface area (Å²) in [6, 6.07) is -0.573. The number of aliphatic carboxylic acids is 5. The Morgan fingerprint density at radius 2 is 1.13 bits per heavy atom. The number of carbonyl (C=O) groups is 5. The Labute approximate surface area is 177 Å². The zero-order valence-corrected chi connectivity index (χ0v) is 16.7. The van der Waals surface area contributed by atoms with E-state index in [1.54, 1.807) is 0 Å². The number of aliphatic hydroxyl groups excluding tert-OH is 2. The number of rotatable bonds is 17. The standard InChI is InChI=1S/C10H18N2O7.C6H11NO5/c13-2-1-7(3-11-4-8(14)15)12(5-9(16)17)6-10(18)19;8-2-1-7(3-5(9)10)4-6(11)12/h7,11,13H,1-6H2,(H,14,15)(H,16,17)(H,18,19);8H,1-4H2,(H,9,10)(H,11,12). The first-order valence-electron chi connectivity index (χ1n) is 8.90. The van der Waals surface area contributed by atoms with E-state index in [1.807, 2.05) is 0 Å². The summed E-state index contributed by atoms with van der Waals surface area (Å²) in [5.41, 5.74) is 0. The Morgan fingerprint density at radius 3 is 1.45 bits per heavy atom. The van der Waals surface area contributed by atoms with Crippen molar-refractivity contribution in [3.63, 3.8) is 0 Å². The van der Waals surface area contributed by atoms with Crippen molar-refractivity contribution in [1.82, 2.24) is 15.1 Å². The quantitative estimate of drug-likeness (QED) is 0.105. The molecule has 15 nitrogen and oxygen atoms in total. The largest absolute Gasteiger partial charge is 0.480 e. The van der Waals surface area contributed by atoms with E-state index in [1.165, 1.54) is 0 Å². The van der Waals surface area contributed by atoms with Crippen LogP contribution in [0.15, 0.2) is 0 Å². The van der Waals surface area contributed by atoms with Gasteiger partial charge >= 0.3 is 29.8 Å². The fraction of sp³-hybridized carbons (Fsp3) is 0.688. The van der Waals surface area contributed by atoms with E-state index < -0.39 is 49.0 Å². The van der Waals surface area contributed by atoms with Gasteiger partial charge in [-0.2, -0.15) is 0 Å². The minimum atomic E-state index is -1.19. The maximum atomic E-state index is 10.7. The molecule has 0 aliphatic carbocycles. The van der Waals surface area contributed by atoms with E-state index >= 15 is 0 Å². The van der Waals surface area contributed by atoms with Gasteiger partial charge < -0.3 is 41.1 Å². The van der Waals surface area contributed by atoms with E-state index in [-0.39, 0.29) is 52.4 Å². The number of nitrogens with zero attached hydrogens (tertiary/aromatic N) is 2. The number of hydrogen-bond donors (Lipinski definition) is 8. The van der Waals surface area contributed by atoms with Gasteiger partial charge in [0.15, 0.2) is 0 Å². The van der Waals surface area contributed by atoms with Crippen molar-refractivity contribution < 1.29 is 59.7 Å². The van der Waals surface area contributed by atoms with Crippen molar-refractivity contribution in [1.29, 1.82) is 0 Å². The van der Waals surface area contributed by atoms with Crippen molar-refractivity contribution in [3.05, 3.63) is 0 Å². The second-order valence-corrected chi connectivity index (χ2v) is 6.10. The van der Waals surface area contributed by atoms with Crippen LogP contribution in [0.5, 0.6) is 0 Å². The van der Waals surface area contributed by atoms with Gasteiger partial charge in [0.2, 0.25) is 0 Å². The lowest BCUT2D eigenvalue weighted by atomic mass is 10.1. The molecule has 1 atom stereocenters. The van der Waals surface area contributed by atoms with Crippen LogP contribution in [-0.4, -0.2) is 140 Å². The van der Waals surface area contributed by atoms with Gasteiger partial charge in [-0.25, -0.2) is 0 Å². The van der Waals surface area contributed by atoms with Crippen molar-refractivity contribution in [2.75, 3.05) is 59.0 Å². The highest BCUT2D eigenvalue weighted by Gasteiger charge is 2.22. The zero-order valence-electron chi connectivity index (χ0n) is 16.7. The number of nitrogens with one attached hydrogen (secondary N) is 1. The smallest absolute Gasteiger partial charge is 0.317 e. The lowest BCUT2D eigenvalue weighted by Crippen LogP contribution is -2.48. The summed E-state index contributed by atoms with van der Waals surface area (Å²) >= 11 is 0. The van der Waals surface area contributed by atoms with Crippen LogP contribution in [0.1, 0.15) is 6.42 Å². The third kappa shape index (κ3) is 20.2. The zero-order chi connectivity index (χ0) is 24.4. The first-order valence-corrected chi connectivity index (χ1v) is 8.90. The molecule has 8 N–H and O–H groups in total. The maximum absolute atomic E-state index is 10.7. The van der Waals surface area contributed by atoms with Gasteiger partial charge in [-0.3, -0.25) is 33.8 Å². The predicted octanol–water partition coefficient (Wildman–Crippen LogP) is -3.67. The third-order valence-electron chi connectivity index (χ3n) is 3.45. The Morgan fingerprint density at radius 1 is 0.677 bits per heavy atom. The molecule has 0 aliphatic heterocycles. The minimum Gasteiger partial charge on any atom is -0.480 e. The highest BCUT2D eigenvalue weighted by atomic mass is 16.4. The van der Waals surface area contributed by atoms with Crippen LogP contribution in [-0.2, 0) is 24.0 Å². The molecule has 0 bridgehead atoms. The first-order chi connectivity index (χ1) is 14.4. The van der Waals surface area contributed by atoms with Crippen LogP contribution >= 0.6 is 0 Å². The minimum absolute atomic E-state index is 0.0542. The SMILES string of the molecule is O=C(O)CN(CCO)CC(=O)O.O=C(O)CNCC(CCO)N(CC(=O)O)CC(=O)O. The predicted molar refractivity (Wildman–Crippen MR) is 102 cm³/mol. The van der Waals surface area contributed by atoms with Crippen LogP contribution < -0.4 is 5.32 Å². The molecule has 1 unspecified atom stereocenters. The van der Waals surface area contributed by atoms with Gasteiger partial charge in [0.05, 0.1) is 39.3 Å². The van der Waals surface area contributed by atoms with E-state index in [0.717, 1.165) is 9.80 Å². The summed E-state index contributed by atoms with van der Waals surface area (Å²) in [7, 11) is 0. The fourth-order valence-corrected chi connectivity index (χ4v) is 2.31. The summed E-state index contributed by atoms with van der Waals surface area (Å²) in [5.74, 6) is -5.68. The molecule has 0 saturated carbocycles. The van der Waals surface area contributed by atoms with E-state index in [0.29, 0.717) is 0 Å². The molecule has 0 heterocycles. The Bertz CT molecular complexity index is 554. The van der Waals surface area contributed by atoms with Crippen LogP contribution in [0.25, 0.3) is 0 Å². The summed E-state index contributed by atoms with van der Waals surface area (Å²) in [6.07, 6.45) is 0.146. The highest BCUT2D eigenvalue weighted by molar-refractivity contribution is 5.73. The molecule has 15 heteroatoms. The Balaban J connectivity index is 0. The molecular formula is C16H29N3O12. The monoisotopic (exact) mass is 455 g/mol. The molecule has 0 spiro atoms.